The Hall–Kier alpha value is -2.49. The molecule has 4 heteroatoms. The van der Waals surface area contributed by atoms with E-state index in [1.54, 1.807) is 0 Å². The van der Waals surface area contributed by atoms with Gasteiger partial charge in [0, 0.05) is 11.0 Å². The van der Waals surface area contributed by atoms with Gasteiger partial charge in [0.1, 0.15) is 0 Å². The van der Waals surface area contributed by atoms with Crippen LogP contribution in [0.4, 0.5) is 0 Å². The van der Waals surface area contributed by atoms with Crippen molar-refractivity contribution in [3.63, 3.8) is 0 Å². The van der Waals surface area contributed by atoms with Crippen LogP contribution in [0.5, 0.6) is 0 Å². The van der Waals surface area contributed by atoms with Crippen LogP contribution in [-0.4, -0.2) is 20.6 Å². The van der Waals surface area contributed by atoms with Crippen LogP contribution in [0.3, 0.4) is 0 Å². The van der Waals surface area contributed by atoms with Gasteiger partial charge >= 0.3 is 0 Å². The molecule has 0 spiro atoms. The van der Waals surface area contributed by atoms with Gasteiger partial charge in [0.25, 0.3) is 0 Å². The summed E-state index contributed by atoms with van der Waals surface area (Å²) in [7, 11) is 0. The smallest absolute Gasteiger partial charge is 0.177 e. The molecule has 0 saturated carbocycles. The van der Waals surface area contributed by atoms with Crippen LogP contribution < -0.4 is 0 Å². The number of H-pyrrole nitrogens is 1. The molecule has 1 heterocycles. The molecule has 0 amide bonds. The third kappa shape index (κ3) is 4.07. The van der Waals surface area contributed by atoms with Crippen molar-refractivity contribution in [1.29, 1.82) is 0 Å². The molecule has 2 aromatic rings. The van der Waals surface area contributed by atoms with Crippen LogP contribution in [0.15, 0.2) is 54.1 Å². The lowest BCUT2D eigenvalue weighted by molar-refractivity contribution is 0.623. The maximum atomic E-state index is 4.12. The first-order chi connectivity index (χ1) is 11.6. The van der Waals surface area contributed by atoms with E-state index in [0.29, 0.717) is 5.82 Å². The van der Waals surface area contributed by atoms with E-state index < -0.39 is 0 Å². The van der Waals surface area contributed by atoms with Gasteiger partial charge in [-0.3, -0.25) is 0 Å². The van der Waals surface area contributed by atoms with Crippen molar-refractivity contribution in [2.45, 2.75) is 41.0 Å². The molecule has 4 nitrogen and oxygen atoms in total. The molecular formula is C20H26N4. The summed E-state index contributed by atoms with van der Waals surface area (Å²) in [6.07, 6.45) is 10.0. The zero-order valence-corrected chi connectivity index (χ0v) is 15.2. The number of allylic oxidation sites excluding steroid dienone is 6. The second kappa shape index (κ2) is 7.86. The first kappa shape index (κ1) is 17.9. The summed E-state index contributed by atoms with van der Waals surface area (Å²) in [6.45, 7) is 10.6. The number of rotatable bonds is 3. The SMILES string of the molecule is CC.CCC1=CC(C)(C)C=C(c2ccccc2-c2nn[nH]n2)C=C1. The number of nitrogens with one attached hydrogen (secondary N) is 1. The summed E-state index contributed by atoms with van der Waals surface area (Å²) in [4.78, 5) is 0. The highest BCUT2D eigenvalue weighted by Crippen LogP contribution is 2.34. The van der Waals surface area contributed by atoms with E-state index >= 15 is 0 Å². The number of hydrogen-bond acceptors (Lipinski definition) is 3. The summed E-state index contributed by atoms with van der Waals surface area (Å²) in [5, 5.41) is 14.4. The Labute approximate surface area is 144 Å². The molecule has 0 saturated heterocycles. The minimum atomic E-state index is 0.00847. The standard InChI is InChI=1S/C18H20N4.C2H6/c1-4-13-9-10-14(12-18(2,3)11-13)15-7-5-6-8-16(15)17-19-21-22-20-17;1-2/h5-12H,4H2,1-3H3,(H,19,20,21,22);1-2H3. The van der Waals surface area contributed by atoms with Crippen LogP contribution in [-0.2, 0) is 0 Å². The molecule has 1 aromatic heterocycles. The van der Waals surface area contributed by atoms with E-state index in [4.69, 9.17) is 0 Å². The maximum absolute atomic E-state index is 4.12. The summed E-state index contributed by atoms with van der Waals surface area (Å²) in [6, 6.07) is 8.17. The highest BCUT2D eigenvalue weighted by Gasteiger charge is 2.18. The van der Waals surface area contributed by atoms with E-state index in [2.05, 4.69) is 71.8 Å². The van der Waals surface area contributed by atoms with Gasteiger partial charge < -0.3 is 0 Å². The van der Waals surface area contributed by atoms with Crippen molar-refractivity contribution in [2.24, 2.45) is 5.41 Å². The van der Waals surface area contributed by atoms with Crippen LogP contribution in [0.1, 0.15) is 46.6 Å². The van der Waals surface area contributed by atoms with Crippen molar-refractivity contribution in [2.75, 3.05) is 0 Å². The first-order valence-corrected chi connectivity index (χ1v) is 8.55. The Morgan fingerprint density at radius 3 is 2.33 bits per heavy atom. The molecule has 1 aromatic carbocycles. The van der Waals surface area contributed by atoms with Gasteiger partial charge in [0.2, 0.25) is 5.82 Å². The molecule has 0 atom stereocenters. The molecule has 1 aliphatic carbocycles. The maximum Gasteiger partial charge on any atom is 0.205 e. The second-order valence-electron chi connectivity index (χ2n) is 6.11. The molecule has 1 aliphatic rings. The van der Waals surface area contributed by atoms with Crippen LogP contribution >= 0.6 is 0 Å². The Morgan fingerprint density at radius 1 is 1.00 bits per heavy atom. The van der Waals surface area contributed by atoms with Gasteiger partial charge in [0.05, 0.1) is 0 Å². The van der Waals surface area contributed by atoms with Crippen molar-refractivity contribution in [3.8, 4) is 11.4 Å². The van der Waals surface area contributed by atoms with Gasteiger partial charge in [0.15, 0.2) is 0 Å². The summed E-state index contributed by atoms with van der Waals surface area (Å²) in [5.74, 6) is 0.621. The second-order valence-corrected chi connectivity index (χ2v) is 6.11. The number of hydrogen-bond donors (Lipinski definition) is 1. The van der Waals surface area contributed by atoms with Crippen molar-refractivity contribution in [3.05, 3.63) is 59.7 Å². The Morgan fingerprint density at radius 2 is 1.71 bits per heavy atom. The molecule has 0 bridgehead atoms. The largest absolute Gasteiger partial charge is 0.205 e. The summed E-state index contributed by atoms with van der Waals surface area (Å²) < 4.78 is 0. The lowest BCUT2D eigenvalue weighted by atomic mass is 9.87. The predicted molar refractivity (Wildman–Crippen MR) is 100 cm³/mol. The van der Waals surface area contributed by atoms with E-state index in [-0.39, 0.29) is 5.41 Å². The average molecular weight is 322 g/mol. The summed E-state index contributed by atoms with van der Waals surface area (Å²) >= 11 is 0. The Bertz CT molecular complexity index is 750. The van der Waals surface area contributed by atoms with E-state index in [9.17, 15) is 0 Å². The Balaban J connectivity index is 0.00000100. The third-order valence-electron chi connectivity index (χ3n) is 3.79. The lowest BCUT2D eigenvalue weighted by Crippen LogP contribution is -2.04. The number of tetrazole rings is 1. The van der Waals surface area contributed by atoms with E-state index in [0.717, 1.165) is 17.5 Å². The highest BCUT2D eigenvalue weighted by molar-refractivity contribution is 5.84. The molecule has 126 valence electrons. The van der Waals surface area contributed by atoms with Crippen LogP contribution in [0.2, 0.25) is 0 Å². The predicted octanol–water partition coefficient (Wildman–Crippen LogP) is 5.21. The molecule has 0 fully saturated rings. The minimum Gasteiger partial charge on any atom is -0.177 e. The van der Waals surface area contributed by atoms with Gasteiger partial charge in [-0.15, -0.1) is 10.2 Å². The van der Waals surface area contributed by atoms with Crippen LogP contribution in [0.25, 0.3) is 17.0 Å². The molecular weight excluding hydrogens is 296 g/mol. The van der Waals surface area contributed by atoms with Gasteiger partial charge in [-0.1, -0.05) is 88.8 Å². The van der Waals surface area contributed by atoms with Crippen molar-refractivity contribution in [1.82, 2.24) is 20.6 Å². The fourth-order valence-corrected chi connectivity index (χ4v) is 2.81. The number of aromatic nitrogens is 4. The summed E-state index contributed by atoms with van der Waals surface area (Å²) in [5.41, 5.74) is 4.66. The number of nitrogens with zero attached hydrogens (tertiary/aromatic N) is 3. The molecule has 1 N–H and O–H groups in total. The topological polar surface area (TPSA) is 54.5 Å². The van der Waals surface area contributed by atoms with Gasteiger partial charge in [-0.2, -0.15) is 5.21 Å². The molecule has 24 heavy (non-hydrogen) atoms. The van der Waals surface area contributed by atoms with Crippen LogP contribution in [0, 0.1) is 5.41 Å². The molecule has 0 unspecified atom stereocenters. The quantitative estimate of drug-likeness (QED) is 0.844. The minimum absolute atomic E-state index is 0.00847. The molecule has 0 aliphatic heterocycles. The highest BCUT2D eigenvalue weighted by atomic mass is 15.5. The van der Waals surface area contributed by atoms with Gasteiger partial charge in [-0.05, 0) is 22.8 Å². The zero-order chi connectivity index (χ0) is 17.6. The molecule has 3 rings (SSSR count). The van der Waals surface area contributed by atoms with Crippen molar-refractivity contribution < 1.29 is 0 Å². The number of benzene rings is 1. The third-order valence-corrected chi connectivity index (χ3v) is 3.79. The monoisotopic (exact) mass is 322 g/mol. The Kier molecular flexibility index (Phi) is 5.85. The average Bonchev–Trinajstić information content (AvgIpc) is 3.08. The fourth-order valence-electron chi connectivity index (χ4n) is 2.81. The van der Waals surface area contributed by atoms with E-state index in [1.165, 1.54) is 11.1 Å². The molecule has 0 radical (unpaired) electrons. The van der Waals surface area contributed by atoms with Crippen molar-refractivity contribution >= 4 is 5.57 Å². The van der Waals surface area contributed by atoms with E-state index in [1.807, 2.05) is 32.0 Å². The number of aromatic amines is 1. The fraction of sp³-hybridized carbons (Fsp3) is 0.350. The lowest BCUT2D eigenvalue weighted by Gasteiger charge is -2.17. The van der Waals surface area contributed by atoms with Gasteiger partial charge in [-0.25, -0.2) is 0 Å². The zero-order valence-electron chi connectivity index (χ0n) is 15.2. The normalized spacial score (nSPS) is 15.7. The first-order valence-electron chi connectivity index (χ1n) is 8.55.